The second-order valence-electron chi connectivity index (χ2n) is 4.97. The molecular formula is C16H18F2N2O. The summed E-state index contributed by atoms with van der Waals surface area (Å²) in [7, 11) is 0. The van der Waals surface area contributed by atoms with Gasteiger partial charge in [-0.2, -0.15) is 4.98 Å². The van der Waals surface area contributed by atoms with Crippen molar-refractivity contribution in [2.24, 2.45) is 0 Å². The van der Waals surface area contributed by atoms with Crippen LogP contribution in [-0.4, -0.2) is 11.5 Å². The van der Waals surface area contributed by atoms with E-state index < -0.39 is 11.6 Å². The van der Waals surface area contributed by atoms with E-state index in [1.807, 2.05) is 18.2 Å². The first kappa shape index (κ1) is 15.2. The number of pyridine rings is 1. The smallest absolute Gasteiger partial charge is 0.258 e. The number of nitrogens with zero attached hydrogens (tertiary/aromatic N) is 1. The predicted octanol–water partition coefficient (Wildman–Crippen LogP) is 4.71. The summed E-state index contributed by atoms with van der Waals surface area (Å²) in [5.41, 5.74) is 1.07. The molecule has 112 valence electrons. The number of aromatic nitrogens is 1. The van der Waals surface area contributed by atoms with Gasteiger partial charge in [-0.05, 0) is 30.5 Å². The van der Waals surface area contributed by atoms with Gasteiger partial charge in [-0.3, -0.25) is 0 Å². The van der Waals surface area contributed by atoms with E-state index in [0.29, 0.717) is 18.2 Å². The van der Waals surface area contributed by atoms with Gasteiger partial charge in [-0.1, -0.05) is 26.0 Å². The quantitative estimate of drug-likeness (QED) is 0.866. The van der Waals surface area contributed by atoms with Crippen LogP contribution < -0.4 is 10.1 Å². The van der Waals surface area contributed by atoms with Crippen molar-refractivity contribution in [2.75, 3.05) is 11.9 Å². The van der Waals surface area contributed by atoms with Gasteiger partial charge >= 0.3 is 0 Å². The highest BCUT2D eigenvalue weighted by molar-refractivity contribution is 5.41. The number of hydrogen-bond donors (Lipinski definition) is 1. The minimum atomic E-state index is -0.830. The fourth-order valence-corrected chi connectivity index (χ4v) is 1.86. The van der Waals surface area contributed by atoms with Crippen LogP contribution in [0.25, 0.3) is 0 Å². The molecular weight excluding hydrogens is 274 g/mol. The molecule has 0 bridgehead atoms. The molecule has 1 N–H and O–H groups in total. The Hall–Kier alpha value is -2.17. The van der Waals surface area contributed by atoms with Crippen LogP contribution in [0.4, 0.5) is 14.6 Å². The maximum Gasteiger partial charge on any atom is 0.258 e. The number of ether oxygens (including phenoxy) is 1. The van der Waals surface area contributed by atoms with Crippen LogP contribution in [0.3, 0.4) is 0 Å². The second kappa shape index (κ2) is 6.52. The number of halogens is 2. The van der Waals surface area contributed by atoms with Crippen molar-refractivity contribution in [3.05, 3.63) is 47.5 Å². The summed E-state index contributed by atoms with van der Waals surface area (Å²) < 4.78 is 32.7. The molecule has 0 saturated carbocycles. The van der Waals surface area contributed by atoms with Gasteiger partial charge < -0.3 is 10.1 Å². The van der Waals surface area contributed by atoms with Gasteiger partial charge in [0.25, 0.3) is 5.88 Å². The Morgan fingerprint density at radius 2 is 1.95 bits per heavy atom. The summed E-state index contributed by atoms with van der Waals surface area (Å²) in [6, 6.07) is 8.10. The molecule has 0 saturated heterocycles. The zero-order chi connectivity index (χ0) is 15.4. The molecule has 0 aliphatic heterocycles. The lowest BCUT2D eigenvalue weighted by molar-refractivity contribution is 0.417. The normalized spacial score (nSPS) is 10.8. The van der Waals surface area contributed by atoms with Crippen molar-refractivity contribution >= 4 is 5.82 Å². The topological polar surface area (TPSA) is 34.2 Å². The first-order chi connectivity index (χ1) is 10.0. The molecule has 0 aliphatic rings. The predicted molar refractivity (Wildman–Crippen MR) is 78.9 cm³/mol. The number of hydrogen-bond acceptors (Lipinski definition) is 3. The standard InChI is InChI=1S/C16H18F2N2O/c1-4-19-15-13(17)9-14(18)16(20-15)21-12-7-5-6-11(8-12)10(2)3/h5-10H,4H2,1-3H3,(H,19,20). The van der Waals surface area contributed by atoms with Crippen molar-refractivity contribution in [2.45, 2.75) is 26.7 Å². The zero-order valence-corrected chi connectivity index (χ0v) is 12.3. The lowest BCUT2D eigenvalue weighted by Gasteiger charge is -2.11. The van der Waals surface area contributed by atoms with Gasteiger partial charge in [0.1, 0.15) is 5.75 Å². The average molecular weight is 292 g/mol. The molecule has 0 atom stereocenters. The summed E-state index contributed by atoms with van der Waals surface area (Å²) in [6.45, 7) is 6.40. The van der Waals surface area contributed by atoms with E-state index in [-0.39, 0.29) is 11.7 Å². The SMILES string of the molecule is CCNc1nc(Oc2cccc(C(C)C)c2)c(F)cc1F. The lowest BCUT2D eigenvalue weighted by Crippen LogP contribution is -2.04. The minimum absolute atomic E-state index is 0.0195. The summed E-state index contributed by atoms with van der Waals surface area (Å²) >= 11 is 0. The molecule has 0 spiro atoms. The molecule has 0 radical (unpaired) electrons. The Kier molecular flexibility index (Phi) is 4.73. The zero-order valence-electron chi connectivity index (χ0n) is 12.3. The molecule has 2 aromatic rings. The monoisotopic (exact) mass is 292 g/mol. The highest BCUT2D eigenvalue weighted by Crippen LogP contribution is 2.28. The van der Waals surface area contributed by atoms with E-state index in [4.69, 9.17) is 4.74 Å². The third-order valence-corrected chi connectivity index (χ3v) is 2.98. The van der Waals surface area contributed by atoms with E-state index in [0.717, 1.165) is 11.6 Å². The highest BCUT2D eigenvalue weighted by Gasteiger charge is 2.13. The summed E-state index contributed by atoms with van der Waals surface area (Å²) in [5, 5.41) is 2.73. The van der Waals surface area contributed by atoms with Crippen molar-refractivity contribution in [1.82, 2.24) is 4.98 Å². The van der Waals surface area contributed by atoms with Crippen molar-refractivity contribution in [3.63, 3.8) is 0 Å². The molecule has 1 aromatic carbocycles. The van der Waals surface area contributed by atoms with E-state index in [2.05, 4.69) is 24.1 Å². The molecule has 0 aliphatic carbocycles. The van der Waals surface area contributed by atoms with Gasteiger partial charge in [0.2, 0.25) is 0 Å². The Bertz CT molecular complexity index is 630. The van der Waals surface area contributed by atoms with E-state index >= 15 is 0 Å². The molecule has 1 heterocycles. The molecule has 21 heavy (non-hydrogen) atoms. The summed E-state index contributed by atoms with van der Waals surface area (Å²) in [6.07, 6.45) is 0. The molecule has 1 aromatic heterocycles. The van der Waals surface area contributed by atoms with Crippen LogP contribution in [0, 0.1) is 11.6 Å². The van der Waals surface area contributed by atoms with Crippen LogP contribution >= 0.6 is 0 Å². The van der Waals surface area contributed by atoms with Gasteiger partial charge in [-0.15, -0.1) is 0 Å². The van der Waals surface area contributed by atoms with Crippen LogP contribution in [0.15, 0.2) is 30.3 Å². The largest absolute Gasteiger partial charge is 0.436 e. The van der Waals surface area contributed by atoms with Crippen molar-refractivity contribution < 1.29 is 13.5 Å². The number of benzene rings is 1. The van der Waals surface area contributed by atoms with Gasteiger partial charge in [0.05, 0.1) is 0 Å². The van der Waals surface area contributed by atoms with Crippen LogP contribution in [0.2, 0.25) is 0 Å². The van der Waals surface area contributed by atoms with E-state index in [1.54, 1.807) is 13.0 Å². The van der Waals surface area contributed by atoms with Gasteiger partial charge in [0.15, 0.2) is 17.5 Å². The van der Waals surface area contributed by atoms with Crippen LogP contribution in [0.1, 0.15) is 32.3 Å². The number of nitrogens with one attached hydrogen (secondary N) is 1. The fourth-order valence-electron chi connectivity index (χ4n) is 1.86. The molecule has 2 rings (SSSR count). The molecule has 0 amide bonds. The first-order valence-electron chi connectivity index (χ1n) is 6.89. The minimum Gasteiger partial charge on any atom is -0.436 e. The van der Waals surface area contributed by atoms with E-state index in [1.165, 1.54) is 0 Å². The Morgan fingerprint density at radius 1 is 1.19 bits per heavy atom. The number of rotatable bonds is 5. The first-order valence-corrected chi connectivity index (χ1v) is 6.89. The highest BCUT2D eigenvalue weighted by atomic mass is 19.1. The average Bonchev–Trinajstić information content (AvgIpc) is 2.44. The Balaban J connectivity index is 2.30. The fraction of sp³-hybridized carbons (Fsp3) is 0.312. The third-order valence-electron chi connectivity index (χ3n) is 2.98. The second-order valence-corrected chi connectivity index (χ2v) is 4.97. The van der Waals surface area contributed by atoms with Crippen molar-refractivity contribution in [1.29, 1.82) is 0 Å². The summed E-state index contributed by atoms with van der Waals surface area (Å²) in [5.74, 6) is -1.03. The summed E-state index contributed by atoms with van der Waals surface area (Å²) in [4.78, 5) is 3.85. The van der Waals surface area contributed by atoms with E-state index in [9.17, 15) is 8.78 Å². The maximum absolute atomic E-state index is 13.8. The third kappa shape index (κ3) is 3.68. The molecule has 0 unspecified atom stereocenters. The van der Waals surface area contributed by atoms with Gasteiger partial charge in [0, 0.05) is 12.6 Å². The Labute approximate surface area is 123 Å². The molecule has 3 nitrogen and oxygen atoms in total. The molecule has 5 heteroatoms. The molecule has 0 fully saturated rings. The van der Waals surface area contributed by atoms with Gasteiger partial charge in [-0.25, -0.2) is 8.78 Å². The van der Waals surface area contributed by atoms with Crippen LogP contribution in [0.5, 0.6) is 11.6 Å². The van der Waals surface area contributed by atoms with Crippen LogP contribution in [-0.2, 0) is 0 Å². The van der Waals surface area contributed by atoms with Crippen molar-refractivity contribution in [3.8, 4) is 11.6 Å². The maximum atomic E-state index is 13.8. The number of anilines is 1. The Morgan fingerprint density at radius 3 is 2.62 bits per heavy atom. The lowest BCUT2D eigenvalue weighted by atomic mass is 10.0.